The van der Waals surface area contributed by atoms with Crippen LogP contribution in [0.25, 0.3) is 22.1 Å². The Kier molecular flexibility index (Phi) is 3.15. The zero-order chi connectivity index (χ0) is 17.7. The molecule has 7 heteroatoms. The SMILES string of the molecule is O=[N+]([O-])c1ccc2c(c1)CN(c1ncnc3c1oc1ccccc13)CC2. The Morgan fingerprint density at radius 2 is 2.00 bits per heavy atom. The lowest BCUT2D eigenvalue weighted by atomic mass is 9.99. The fourth-order valence-electron chi connectivity index (χ4n) is 3.57. The van der Waals surface area contributed by atoms with Gasteiger partial charge in [0.15, 0.2) is 11.4 Å². The molecular formula is C19H14N4O3. The van der Waals surface area contributed by atoms with Crippen LogP contribution in [0.5, 0.6) is 0 Å². The van der Waals surface area contributed by atoms with Crippen LogP contribution in [0.4, 0.5) is 11.5 Å². The van der Waals surface area contributed by atoms with Crippen molar-refractivity contribution in [2.45, 2.75) is 13.0 Å². The molecule has 5 rings (SSSR count). The van der Waals surface area contributed by atoms with E-state index in [1.54, 1.807) is 18.5 Å². The minimum Gasteiger partial charge on any atom is -0.450 e. The van der Waals surface area contributed by atoms with Gasteiger partial charge in [0.05, 0.1) is 4.92 Å². The Hall–Kier alpha value is -3.48. The van der Waals surface area contributed by atoms with Crippen LogP contribution in [0.1, 0.15) is 11.1 Å². The quantitative estimate of drug-likeness (QED) is 0.405. The minimum absolute atomic E-state index is 0.113. The van der Waals surface area contributed by atoms with E-state index in [-0.39, 0.29) is 10.6 Å². The average Bonchev–Trinajstić information content (AvgIpc) is 3.06. The standard InChI is InChI=1S/C19H14N4O3/c24-23(25)14-6-5-12-7-8-22(10-13(12)9-14)19-18-17(20-11-21-19)15-3-1-2-4-16(15)26-18/h1-6,9,11H,7-8,10H2. The first-order chi connectivity index (χ1) is 12.7. The number of hydrogen-bond acceptors (Lipinski definition) is 6. The number of benzene rings is 2. The molecule has 26 heavy (non-hydrogen) atoms. The Labute approximate surface area is 148 Å². The van der Waals surface area contributed by atoms with Crippen molar-refractivity contribution in [1.82, 2.24) is 9.97 Å². The second-order valence-corrected chi connectivity index (χ2v) is 6.35. The normalized spacial score (nSPS) is 13.9. The first-order valence-electron chi connectivity index (χ1n) is 8.34. The number of non-ortho nitro benzene ring substituents is 1. The number of rotatable bonds is 2. The largest absolute Gasteiger partial charge is 0.450 e. The maximum atomic E-state index is 11.1. The number of para-hydroxylation sites is 1. The molecule has 3 heterocycles. The summed E-state index contributed by atoms with van der Waals surface area (Å²) in [5.74, 6) is 0.725. The molecule has 0 bridgehead atoms. The van der Waals surface area contributed by atoms with Crippen molar-refractivity contribution >= 4 is 33.6 Å². The number of furan rings is 1. The van der Waals surface area contributed by atoms with E-state index < -0.39 is 0 Å². The van der Waals surface area contributed by atoms with Gasteiger partial charge in [-0.2, -0.15) is 0 Å². The maximum absolute atomic E-state index is 11.1. The van der Waals surface area contributed by atoms with Crippen molar-refractivity contribution < 1.29 is 9.34 Å². The number of hydrogen-bond donors (Lipinski definition) is 0. The van der Waals surface area contributed by atoms with Crippen LogP contribution >= 0.6 is 0 Å². The lowest BCUT2D eigenvalue weighted by Gasteiger charge is -2.29. The van der Waals surface area contributed by atoms with Gasteiger partial charge < -0.3 is 9.32 Å². The maximum Gasteiger partial charge on any atom is 0.269 e. The molecule has 2 aromatic heterocycles. The van der Waals surface area contributed by atoms with Gasteiger partial charge in [-0.05, 0) is 29.7 Å². The first kappa shape index (κ1) is 14.8. The van der Waals surface area contributed by atoms with Crippen molar-refractivity contribution in [3.05, 3.63) is 70.0 Å². The minimum atomic E-state index is -0.360. The highest BCUT2D eigenvalue weighted by atomic mass is 16.6. The van der Waals surface area contributed by atoms with E-state index in [9.17, 15) is 10.1 Å². The van der Waals surface area contributed by atoms with Gasteiger partial charge in [-0.1, -0.05) is 18.2 Å². The summed E-state index contributed by atoms with van der Waals surface area (Å²) in [5.41, 5.74) is 4.42. The van der Waals surface area contributed by atoms with Crippen molar-refractivity contribution in [3.63, 3.8) is 0 Å². The molecule has 0 aliphatic carbocycles. The molecule has 0 saturated carbocycles. The van der Waals surface area contributed by atoms with Crippen LogP contribution in [0, 0.1) is 10.1 Å². The van der Waals surface area contributed by atoms with Crippen LogP contribution in [0.2, 0.25) is 0 Å². The van der Waals surface area contributed by atoms with E-state index in [0.29, 0.717) is 12.1 Å². The topological polar surface area (TPSA) is 85.3 Å². The Morgan fingerprint density at radius 1 is 1.12 bits per heavy atom. The van der Waals surface area contributed by atoms with Crippen molar-refractivity contribution in [2.24, 2.45) is 0 Å². The van der Waals surface area contributed by atoms with E-state index in [4.69, 9.17) is 4.42 Å². The third-order valence-electron chi connectivity index (χ3n) is 4.85. The van der Waals surface area contributed by atoms with Gasteiger partial charge in [-0.3, -0.25) is 10.1 Å². The fraction of sp³-hybridized carbons (Fsp3) is 0.158. The molecular weight excluding hydrogens is 332 g/mol. The lowest BCUT2D eigenvalue weighted by Crippen LogP contribution is -2.31. The van der Waals surface area contributed by atoms with E-state index in [0.717, 1.165) is 46.4 Å². The molecule has 0 N–H and O–H groups in total. The third kappa shape index (κ3) is 2.21. The molecule has 0 amide bonds. The number of aromatic nitrogens is 2. The zero-order valence-corrected chi connectivity index (χ0v) is 13.8. The van der Waals surface area contributed by atoms with Gasteiger partial charge in [-0.25, -0.2) is 9.97 Å². The third-order valence-corrected chi connectivity index (χ3v) is 4.85. The first-order valence-corrected chi connectivity index (χ1v) is 8.34. The summed E-state index contributed by atoms with van der Waals surface area (Å²) in [6.07, 6.45) is 2.35. The summed E-state index contributed by atoms with van der Waals surface area (Å²) in [4.78, 5) is 21.6. The fourth-order valence-corrected chi connectivity index (χ4v) is 3.57. The van der Waals surface area contributed by atoms with Gasteiger partial charge in [0.1, 0.15) is 17.4 Å². The molecule has 0 saturated heterocycles. The van der Waals surface area contributed by atoms with E-state index in [1.807, 2.05) is 30.3 Å². The number of nitro benzene ring substituents is 1. The van der Waals surface area contributed by atoms with E-state index in [1.165, 1.54) is 0 Å². The van der Waals surface area contributed by atoms with Crippen molar-refractivity contribution in [2.75, 3.05) is 11.4 Å². The Balaban J connectivity index is 1.61. The number of anilines is 1. The summed E-state index contributed by atoms with van der Waals surface area (Å²) in [6, 6.07) is 12.8. The molecule has 0 radical (unpaired) electrons. The van der Waals surface area contributed by atoms with Gasteiger partial charge in [0.25, 0.3) is 5.69 Å². The second-order valence-electron chi connectivity index (χ2n) is 6.35. The summed E-state index contributed by atoms with van der Waals surface area (Å²) >= 11 is 0. The highest BCUT2D eigenvalue weighted by Gasteiger charge is 2.23. The van der Waals surface area contributed by atoms with Gasteiger partial charge in [0, 0.05) is 30.6 Å². The molecule has 2 aromatic carbocycles. The molecule has 0 atom stereocenters. The summed E-state index contributed by atoms with van der Waals surface area (Å²) < 4.78 is 6.01. The highest BCUT2D eigenvalue weighted by molar-refractivity contribution is 6.05. The second kappa shape index (κ2) is 5.52. The Bertz CT molecular complexity index is 1170. The number of nitro groups is 1. The summed E-state index contributed by atoms with van der Waals surface area (Å²) in [5, 5.41) is 12.0. The molecule has 128 valence electrons. The molecule has 4 aromatic rings. The van der Waals surface area contributed by atoms with Gasteiger partial charge in [0.2, 0.25) is 0 Å². The molecule has 1 aliphatic heterocycles. The predicted molar refractivity (Wildman–Crippen MR) is 97.2 cm³/mol. The van der Waals surface area contributed by atoms with E-state index >= 15 is 0 Å². The van der Waals surface area contributed by atoms with Crippen molar-refractivity contribution in [1.29, 1.82) is 0 Å². The van der Waals surface area contributed by atoms with Crippen LogP contribution in [0.3, 0.4) is 0 Å². The van der Waals surface area contributed by atoms with Gasteiger partial charge >= 0.3 is 0 Å². The van der Waals surface area contributed by atoms with E-state index in [2.05, 4.69) is 14.9 Å². The van der Waals surface area contributed by atoms with Crippen molar-refractivity contribution in [3.8, 4) is 0 Å². The zero-order valence-electron chi connectivity index (χ0n) is 13.8. The molecule has 0 fully saturated rings. The Morgan fingerprint density at radius 3 is 2.88 bits per heavy atom. The molecule has 0 spiro atoms. The van der Waals surface area contributed by atoms with Crippen LogP contribution < -0.4 is 4.90 Å². The molecule has 0 unspecified atom stereocenters. The monoisotopic (exact) mass is 346 g/mol. The highest BCUT2D eigenvalue weighted by Crippen LogP contribution is 2.34. The summed E-state index contributed by atoms with van der Waals surface area (Å²) in [7, 11) is 0. The molecule has 7 nitrogen and oxygen atoms in total. The van der Waals surface area contributed by atoms with Crippen LogP contribution in [-0.2, 0) is 13.0 Å². The van der Waals surface area contributed by atoms with Crippen LogP contribution in [0.15, 0.2) is 53.2 Å². The lowest BCUT2D eigenvalue weighted by molar-refractivity contribution is -0.384. The molecule has 1 aliphatic rings. The van der Waals surface area contributed by atoms with Gasteiger partial charge in [-0.15, -0.1) is 0 Å². The number of nitrogens with zero attached hydrogens (tertiary/aromatic N) is 4. The number of fused-ring (bicyclic) bond motifs is 4. The average molecular weight is 346 g/mol. The predicted octanol–water partition coefficient (Wildman–Crippen LogP) is 3.85. The summed E-state index contributed by atoms with van der Waals surface area (Å²) in [6.45, 7) is 1.33. The van der Waals surface area contributed by atoms with Crippen LogP contribution in [-0.4, -0.2) is 21.4 Å². The smallest absolute Gasteiger partial charge is 0.269 e.